The van der Waals surface area contributed by atoms with Gasteiger partial charge in [0.15, 0.2) is 0 Å². The zero-order valence-electron chi connectivity index (χ0n) is 15.0. The maximum absolute atomic E-state index is 13.4. The number of hydrogen-bond donors (Lipinski definition) is 1. The summed E-state index contributed by atoms with van der Waals surface area (Å²) in [7, 11) is -1.70. The number of aromatic nitrogens is 2. The van der Waals surface area contributed by atoms with Gasteiger partial charge in [-0.25, -0.2) is 13.4 Å². The van der Waals surface area contributed by atoms with E-state index in [0.29, 0.717) is 24.5 Å². The van der Waals surface area contributed by atoms with E-state index in [2.05, 4.69) is 10.3 Å². The summed E-state index contributed by atoms with van der Waals surface area (Å²) in [4.78, 5) is 4.80. The molecule has 1 aromatic carbocycles. The third-order valence-electron chi connectivity index (χ3n) is 4.52. The van der Waals surface area contributed by atoms with Crippen LogP contribution in [0.25, 0.3) is 0 Å². The zero-order valence-corrected chi connectivity index (χ0v) is 16.6. The van der Waals surface area contributed by atoms with Crippen LogP contribution in [0, 0.1) is 20.8 Å². The smallest absolute Gasteiger partial charge is 0.244 e. The van der Waals surface area contributed by atoms with E-state index in [1.807, 2.05) is 50.7 Å². The normalized spacial score (nSPS) is 18.8. The summed E-state index contributed by atoms with van der Waals surface area (Å²) in [5.74, 6) is 0.758. The molecule has 0 aliphatic carbocycles. The second-order valence-electron chi connectivity index (χ2n) is 6.46. The predicted octanol–water partition coefficient (Wildman–Crippen LogP) is 2.10. The van der Waals surface area contributed by atoms with Crippen molar-refractivity contribution in [3.63, 3.8) is 0 Å². The standard InChI is InChI=1S/C17H24N4O2S.ClH/c1-12-9-13(2)16(14(3)10-12)24(22,23)21-8-5-18-11-15(21)17-19-6-7-20(17)4;/h6-7,9-10,15,18H,5,8,11H2,1-4H3;1H. The van der Waals surface area contributed by atoms with Crippen LogP contribution in [-0.2, 0) is 17.1 Å². The highest BCUT2D eigenvalue weighted by Crippen LogP contribution is 2.31. The highest BCUT2D eigenvalue weighted by atomic mass is 35.5. The first kappa shape index (κ1) is 19.9. The lowest BCUT2D eigenvalue weighted by Gasteiger charge is -2.35. The molecular formula is C17H25ClN4O2S. The van der Waals surface area contributed by atoms with Crippen LogP contribution in [0.1, 0.15) is 28.6 Å². The maximum atomic E-state index is 13.4. The average molecular weight is 385 g/mol. The first-order chi connectivity index (χ1) is 11.3. The van der Waals surface area contributed by atoms with Crippen molar-refractivity contribution in [1.29, 1.82) is 0 Å². The van der Waals surface area contributed by atoms with Gasteiger partial charge in [-0.2, -0.15) is 4.31 Å². The molecule has 1 fully saturated rings. The van der Waals surface area contributed by atoms with Crippen LogP contribution >= 0.6 is 12.4 Å². The summed E-state index contributed by atoms with van der Waals surface area (Å²) in [6.45, 7) is 7.36. The fourth-order valence-electron chi connectivity index (χ4n) is 3.58. The quantitative estimate of drug-likeness (QED) is 0.880. The van der Waals surface area contributed by atoms with E-state index in [4.69, 9.17) is 0 Å². The molecule has 1 aromatic heterocycles. The van der Waals surface area contributed by atoms with Gasteiger partial charge in [-0.1, -0.05) is 17.7 Å². The van der Waals surface area contributed by atoms with Crippen molar-refractivity contribution in [2.24, 2.45) is 7.05 Å². The molecule has 1 aliphatic heterocycles. The number of rotatable bonds is 3. The minimum Gasteiger partial charge on any atom is -0.337 e. The third kappa shape index (κ3) is 3.60. The number of sulfonamides is 1. The van der Waals surface area contributed by atoms with Crippen LogP contribution in [0.4, 0.5) is 0 Å². The van der Waals surface area contributed by atoms with Crippen molar-refractivity contribution >= 4 is 22.4 Å². The Kier molecular flexibility index (Phi) is 5.93. The molecule has 25 heavy (non-hydrogen) atoms. The van der Waals surface area contributed by atoms with Crippen molar-refractivity contribution < 1.29 is 8.42 Å². The molecule has 0 amide bonds. The van der Waals surface area contributed by atoms with E-state index in [9.17, 15) is 8.42 Å². The number of aryl methyl sites for hydroxylation is 4. The van der Waals surface area contributed by atoms with Crippen molar-refractivity contribution in [3.8, 4) is 0 Å². The molecule has 8 heteroatoms. The molecule has 138 valence electrons. The fourth-order valence-corrected chi connectivity index (χ4v) is 5.58. The molecular weight excluding hydrogens is 360 g/mol. The van der Waals surface area contributed by atoms with Crippen LogP contribution < -0.4 is 5.32 Å². The first-order valence-electron chi connectivity index (χ1n) is 8.10. The van der Waals surface area contributed by atoms with Gasteiger partial charge in [-0.3, -0.25) is 0 Å². The monoisotopic (exact) mass is 384 g/mol. The van der Waals surface area contributed by atoms with Gasteiger partial charge in [-0.05, 0) is 31.9 Å². The summed E-state index contributed by atoms with van der Waals surface area (Å²) in [6, 6.07) is 3.55. The Bertz CT molecular complexity index is 840. The van der Waals surface area contributed by atoms with Crippen LogP contribution in [0.15, 0.2) is 29.4 Å². The van der Waals surface area contributed by atoms with Gasteiger partial charge < -0.3 is 9.88 Å². The van der Waals surface area contributed by atoms with Crippen LogP contribution in [0.2, 0.25) is 0 Å². The summed E-state index contributed by atoms with van der Waals surface area (Å²) < 4.78 is 30.3. The highest BCUT2D eigenvalue weighted by molar-refractivity contribution is 7.89. The summed E-state index contributed by atoms with van der Waals surface area (Å²) >= 11 is 0. The Morgan fingerprint density at radius 3 is 2.40 bits per heavy atom. The van der Waals surface area contributed by atoms with Crippen molar-refractivity contribution in [2.45, 2.75) is 31.7 Å². The van der Waals surface area contributed by atoms with E-state index in [1.165, 1.54) is 0 Å². The first-order valence-corrected chi connectivity index (χ1v) is 9.54. The largest absolute Gasteiger partial charge is 0.337 e. The molecule has 0 saturated carbocycles. The average Bonchev–Trinajstić information content (AvgIpc) is 2.92. The molecule has 3 rings (SSSR count). The van der Waals surface area contributed by atoms with E-state index in [1.54, 1.807) is 10.5 Å². The van der Waals surface area contributed by atoms with Crippen molar-refractivity contribution in [2.75, 3.05) is 19.6 Å². The zero-order chi connectivity index (χ0) is 17.5. The number of nitrogens with zero attached hydrogens (tertiary/aromatic N) is 3. The molecule has 1 N–H and O–H groups in total. The maximum Gasteiger partial charge on any atom is 0.244 e. The van der Waals surface area contributed by atoms with E-state index in [-0.39, 0.29) is 18.4 Å². The van der Waals surface area contributed by atoms with Gasteiger partial charge in [0.05, 0.1) is 10.9 Å². The highest BCUT2D eigenvalue weighted by Gasteiger charge is 2.37. The van der Waals surface area contributed by atoms with Crippen LogP contribution in [0.5, 0.6) is 0 Å². The number of hydrogen-bond acceptors (Lipinski definition) is 4. The fraction of sp³-hybridized carbons (Fsp3) is 0.471. The third-order valence-corrected chi connectivity index (χ3v) is 6.74. The molecule has 0 bridgehead atoms. The lowest BCUT2D eigenvalue weighted by atomic mass is 10.1. The second kappa shape index (κ2) is 7.45. The molecule has 1 aliphatic rings. The molecule has 2 aromatic rings. The molecule has 1 unspecified atom stereocenters. The van der Waals surface area contributed by atoms with E-state index < -0.39 is 10.0 Å². The Hall–Kier alpha value is -1.41. The minimum absolute atomic E-state index is 0. The Morgan fingerprint density at radius 2 is 1.84 bits per heavy atom. The lowest BCUT2D eigenvalue weighted by Crippen LogP contribution is -2.49. The topological polar surface area (TPSA) is 67.2 Å². The Morgan fingerprint density at radius 1 is 1.20 bits per heavy atom. The van der Waals surface area contributed by atoms with Gasteiger partial charge in [0.25, 0.3) is 0 Å². The van der Waals surface area contributed by atoms with Gasteiger partial charge >= 0.3 is 0 Å². The number of benzene rings is 1. The minimum atomic E-state index is -3.59. The van der Waals surface area contributed by atoms with E-state index in [0.717, 1.165) is 22.5 Å². The van der Waals surface area contributed by atoms with Crippen molar-refractivity contribution in [3.05, 3.63) is 47.0 Å². The number of halogens is 1. The SMILES string of the molecule is Cc1cc(C)c(S(=O)(=O)N2CCNCC2c2nccn2C)c(C)c1.Cl. The summed E-state index contributed by atoms with van der Waals surface area (Å²) in [6.07, 6.45) is 3.55. The molecule has 6 nitrogen and oxygen atoms in total. The molecule has 1 atom stereocenters. The van der Waals surface area contributed by atoms with Gasteiger partial charge in [0, 0.05) is 39.1 Å². The second-order valence-corrected chi connectivity index (χ2v) is 8.29. The molecule has 1 saturated heterocycles. The summed E-state index contributed by atoms with van der Waals surface area (Å²) in [5, 5.41) is 3.28. The number of piperazine rings is 1. The molecule has 2 heterocycles. The van der Waals surface area contributed by atoms with E-state index >= 15 is 0 Å². The predicted molar refractivity (Wildman–Crippen MR) is 101 cm³/mol. The number of nitrogens with one attached hydrogen (secondary N) is 1. The Balaban J connectivity index is 0.00000225. The van der Waals surface area contributed by atoms with Gasteiger partial charge in [-0.15, -0.1) is 12.4 Å². The molecule has 0 radical (unpaired) electrons. The Labute approximate surface area is 155 Å². The summed E-state index contributed by atoms with van der Waals surface area (Å²) in [5.41, 5.74) is 2.67. The lowest BCUT2D eigenvalue weighted by molar-refractivity contribution is 0.258. The van der Waals surface area contributed by atoms with Gasteiger partial charge in [0.1, 0.15) is 5.82 Å². The van der Waals surface area contributed by atoms with Crippen LogP contribution in [-0.4, -0.2) is 41.9 Å². The molecule has 0 spiro atoms. The van der Waals surface area contributed by atoms with Crippen molar-refractivity contribution in [1.82, 2.24) is 19.2 Å². The van der Waals surface area contributed by atoms with Gasteiger partial charge in [0.2, 0.25) is 10.0 Å². The number of imidazole rings is 1. The van der Waals surface area contributed by atoms with Crippen LogP contribution in [0.3, 0.4) is 0 Å².